The van der Waals surface area contributed by atoms with E-state index in [0.717, 1.165) is 5.56 Å². The second-order valence-corrected chi connectivity index (χ2v) is 15.2. The number of carbonyl (C=O) groups is 1. The monoisotopic (exact) mass is 529 g/mol. The van der Waals surface area contributed by atoms with Gasteiger partial charge >= 0.3 is 5.97 Å². The Morgan fingerprint density at radius 1 is 0.868 bits per heavy atom. The number of hydrogen-bond donors (Lipinski definition) is 0. The van der Waals surface area contributed by atoms with Crippen LogP contribution in [-0.2, 0) is 14.0 Å². The fourth-order valence-electron chi connectivity index (χ4n) is 4.87. The van der Waals surface area contributed by atoms with E-state index in [-0.39, 0.29) is 16.9 Å². The van der Waals surface area contributed by atoms with E-state index in [1.165, 1.54) is 10.4 Å². The minimum atomic E-state index is -2.70. The number of rotatable bonds is 11. The van der Waals surface area contributed by atoms with E-state index in [4.69, 9.17) is 14.7 Å². The molecular weight excluding hydrogens is 490 g/mol. The van der Waals surface area contributed by atoms with Gasteiger partial charge in [-0.2, -0.15) is 0 Å². The molecule has 0 aliphatic carbocycles. The summed E-state index contributed by atoms with van der Waals surface area (Å²) in [6.45, 7) is 12.9. The van der Waals surface area contributed by atoms with E-state index in [1.54, 1.807) is 0 Å². The summed E-state index contributed by atoms with van der Waals surface area (Å²) in [5.74, 6) is -0.918. The van der Waals surface area contributed by atoms with Crippen molar-refractivity contribution in [2.24, 2.45) is 11.0 Å². The maximum absolute atomic E-state index is 13.1. The average Bonchev–Trinajstić information content (AvgIpc) is 2.92. The van der Waals surface area contributed by atoms with Crippen molar-refractivity contribution in [3.05, 3.63) is 107 Å². The molecule has 3 aromatic carbocycles. The fraction of sp³-hybridized carbons (Fsp3) is 0.387. The molecule has 3 aromatic rings. The summed E-state index contributed by atoms with van der Waals surface area (Å²) in [5, 5.41) is 6.05. The zero-order chi connectivity index (χ0) is 27.8. The summed E-state index contributed by atoms with van der Waals surface area (Å²) < 4.78 is 12.9. The van der Waals surface area contributed by atoms with Crippen molar-refractivity contribution in [1.82, 2.24) is 0 Å². The van der Waals surface area contributed by atoms with Crippen molar-refractivity contribution in [3.63, 3.8) is 0 Å². The van der Waals surface area contributed by atoms with E-state index in [0.29, 0.717) is 6.61 Å². The molecule has 0 aliphatic rings. The second kappa shape index (κ2) is 12.9. The molecule has 6 nitrogen and oxygen atoms in total. The van der Waals surface area contributed by atoms with Crippen LogP contribution in [0.3, 0.4) is 0 Å². The van der Waals surface area contributed by atoms with Crippen molar-refractivity contribution in [2.45, 2.75) is 64.6 Å². The van der Waals surface area contributed by atoms with Crippen LogP contribution in [-0.4, -0.2) is 33.0 Å². The number of hydrogen-bond acceptors (Lipinski definition) is 4. The SMILES string of the molecule is C[C@H](c1ccccc1)[C@H](N=[N+]=[N-])C(=O)O[C@H](C)[C@@H](C)CO[Si](c1ccccc1)(c1ccccc1)C(C)(C)C. The zero-order valence-electron chi connectivity index (χ0n) is 23.2. The molecule has 3 rings (SSSR count). The number of ether oxygens (including phenoxy) is 1. The Hall–Kier alpha value is -3.38. The van der Waals surface area contributed by atoms with Crippen LogP contribution in [0.5, 0.6) is 0 Å². The summed E-state index contributed by atoms with van der Waals surface area (Å²) >= 11 is 0. The van der Waals surface area contributed by atoms with Gasteiger partial charge < -0.3 is 9.16 Å². The van der Waals surface area contributed by atoms with Crippen LogP contribution in [0.4, 0.5) is 0 Å². The molecule has 0 spiro atoms. The van der Waals surface area contributed by atoms with E-state index < -0.39 is 26.4 Å². The lowest BCUT2D eigenvalue weighted by atomic mass is 9.94. The number of carbonyl (C=O) groups excluding carboxylic acids is 1. The molecule has 0 unspecified atom stereocenters. The van der Waals surface area contributed by atoms with Gasteiger partial charge in [-0.3, -0.25) is 4.79 Å². The Kier molecular flexibility index (Phi) is 9.92. The summed E-state index contributed by atoms with van der Waals surface area (Å²) in [6, 6.07) is 29.5. The Balaban J connectivity index is 1.81. The number of benzene rings is 3. The molecule has 0 aliphatic heterocycles. The minimum Gasteiger partial charge on any atom is -0.462 e. The molecule has 0 heterocycles. The van der Waals surface area contributed by atoms with Crippen LogP contribution < -0.4 is 10.4 Å². The number of esters is 1. The van der Waals surface area contributed by atoms with Crippen molar-refractivity contribution >= 4 is 24.7 Å². The van der Waals surface area contributed by atoms with Crippen LogP contribution >= 0.6 is 0 Å². The topological polar surface area (TPSA) is 84.3 Å². The molecule has 0 N–H and O–H groups in total. The third-order valence-electron chi connectivity index (χ3n) is 7.30. The Morgan fingerprint density at radius 3 is 1.79 bits per heavy atom. The van der Waals surface area contributed by atoms with Crippen molar-refractivity contribution in [2.75, 3.05) is 6.61 Å². The van der Waals surface area contributed by atoms with Gasteiger partial charge in [0.2, 0.25) is 0 Å². The van der Waals surface area contributed by atoms with Gasteiger partial charge in [0.05, 0.1) is 0 Å². The third kappa shape index (κ3) is 6.54. The Labute approximate surface area is 227 Å². The lowest BCUT2D eigenvalue weighted by molar-refractivity contribution is -0.153. The van der Waals surface area contributed by atoms with Crippen molar-refractivity contribution < 1.29 is 14.0 Å². The van der Waals surface area contributed by atoms with E-state index >= 15 is 0 Å². The highest BCUT2D eigenvalue weighted by Crippen LogP contribution is 2.37. The van der Waals surface area contributed by atoms with E-state index in [1.807, 2.05) is 63.2 Å². The summed E-state index contributed by atoms with van der Waals surface area (Å²) in [5.41, 5.74) is 10.0. The molecule has 0 amide bonds. The van der Waals surface area contributed by atoms with Crippen molar-refractivity contribution in [3.8, 4) is 0 Å². The highest BCUT2D eigenvalue weighted by atomic mass is 28.4. The maximum Gasteiger partial charge on any atom is 0.315 e. The first-order valence-electron chi connectivity index (χ1n) is 13.2. The van der Waals surface area contributed by atoms with Crippen LogP contribution in [0, 0.1) is 5.92 Å². The molecule has 0 radical (unpaired) electrons. The lowest BCUT2D eigenvalue weighted by Crippen LogP contribution is -2.67. The zero-order valence-corrected chi connectivity index (χ0v) is 24.2. The van der Waals surface area contributed by atoms with Crippen LogP contribution in [0.15, 0.2) is 96.1 Å². The van der Waals surface area contributed by atoms with Gasteiger partial charge in [-0.25, -0.2) is 0 Å². The predicted molar refractivity (Wildman–Crippen MR) is 156 cm³/mol. The molecule has 38 heavy (non-hydrogen) atoms. The Bertz CT molecular complexity index is 1170. The highest BCUT2D eigenvalue weighted by molar-refractivity contribution is 6.99. The van der Waals surface area contributed by atoms with Crippen LogP contribution in [0.25, 0.3) is 10.4 Å². The first-order chi connectivity index (χ1) is 18.1. The summed E-state index contributed by atoms with van der Waals surface area (Å²) in [7, 11) is -2.70. The van der Waals surface area contributed by atoms with Gasteiger partial charge in [0.25, 0.3) is 8.32 Å². The average molecular weight is 530 g/mol. The third-order valence-corrected chi connectivity index (χ3v) is 12.3. The van der Waals surface area contributed by atoms with Gasteiger partial charge in [-0.05, 0) is 33.4 Å². The lowest BCUT2D eigenvalue weighted by Gasteiger charge is -2.43. The van der Waals surface area contributed by atoms with Crippen LogP contribution in [0.2, 0.25) is 5.04 Å². The molecule has 0 bridgehead atoms. The van der Waals surface area contributed by atoms with Gasteiger partial charge in [-0.1, -0.05) is 131 Å². The molecule has 0 saturated carbocycles. The molecule has 200 valence electrons. The fourth-order valence-corrected chi connectivity index (χ4v) is 9.54. The first-order valence-corrected chi connectivity index (χ1v) is 15.1. The summed E-state index contributed by atoms with van der Waals surface area (Å²) in [6.07, 6.45) is -0.430. The van der Waals surface area contributed by atoms with Gasteiger partial charge in [0.1, 0.15) is 12.1 Å². The molecule has 7 heteroatoms. The first kappa shape index (κ1) is 29.2. The summed E-state index contributed by atoms with van der Waals surface area (Å²) in [4.78, 5) is 16.1. The quantitative estimate of drug-likeness (QED) is 0.0920. The molecule has 0 aromatic heterocycles. The standard InChI is InChI=1S/C31H39N3O3Si/c1-23(25(3)37-30(35)29(33-34-32)24(2)26-16-10-7-11-17-26)22-36-38(31(4,5)6,27-18-12-8-13-19-27)28-20-14-9-15-21-28/h7-21,23-25,29H,22H2,1-6H3/t23-,24+,25+,29-/m0/s1. The molecule has 0 fully saturated rings. The molecule has 4 atom stereocenters. The highest BCUT2D eigenvalue weighted by Gasteiger charge is 2.50. The smallest absolute Gasteiger partial charge is 0.315 e. The van der Waals surface area contributed by atoms with Gasteiger partial charge in [-0.15, -0.1) is 0 Å². The van der Waals surface area contributed by atoms with Crippen molar-refractivity contribution in [1.29, 1.82) is 0 Å². The Morgan fingerprint density at radius 2 is 1.34 bits per heavy atom. The second-order valence-electron chi connectivity index (χ2n) is 10.9. The normalized spacial score (nSPS) is 15.0. The van der Waals surface area contributed by atoms with Crippen LogP contribution in [0.1, 0.15) is 53.0 Å². The molecular formula is C31H39N3O3Si. The molecule has 0 saturated heterocycles. The minimum absolute atomic E-state index is 0.0839. The van der Waals surface area contributed by atoms with Gasteiger partial charge in [0, 0.05) is 23.4 Å². The van der Waals surface area contributed by atoms with E-state index in [2.05, 4.69) is 79.3 Å². The largest absolute Gasteiger partial charge is 0.462 e. The van der Waals surface area contributed by atoms with E-state index in [9.17, 15) is 4.79 Å². The maximum atomic E-state index is 13.1. The predicted octanol–water partition coefficient (Wildman–Crippen LogP) is 6.61. The van der Waals surface area contributed by atoms with Gasteiger partial charge in [0.15, 0.2) is 0 Å². The number of azide groups is 1. The number of nitrogens with zero attached hydrogens (tertiary/aromatic N) is 3.